The van der Waals surface area contributed by atoms with E-state index in [9.17, 15) is 22.8 Å². The molecule has 2 amide bonds. The number of alkyl halides is 3. The van der Waals surface area contributed by atoms with Crippen LogP contribution >= 0.6 is 23.4 Å². The van der Waals surface area contributed by atoms with Gasteiger partial charge in [-0.1, -0.05) is 11.6 Å². The Kier molecular flexibility index (Phi) is 5.23. The number of hydrogen-bond acceptors (Lipinski definition) is 5. The quantitative estimate of drug-likeness (QED) is 0.735. The van der Waals surface area contributed by atoms with Crippen molar-refractivity contribution in [3.05, 3.63) is 33.2 Å². The van der Waals surface area contributed by atoms with Crippen LogP contribution < -0.4 is 16.0 Å². The fraction of sp³-hybridized carbons (Fsp3) is 0.375. The fourth-order valence-electron chi connectivity index (χ4n) is 2.91. The van der Waals surface area contributed by atoms with Gasteiger partial charge in [0.2, 0.25) is 0 Å². The molecular formula is C16H15ClF3N3O2S. The zero-order chi connectivity index (χ0) is 19.1. The lowest BCUT2D eigenvalue weighted by Crippen LogP contribution is -2.40. The summed E-state index contributed by atoms with van der Waals surface area (Å²) in [5.41, 5.74) is 5.52. The molecule has 0 aromatic heterocycles. The Hall–Kier alpha value is -1.71. The van der Waals surface area contributed by atoms with Crippen molar-refractivity contribution >= 4 is 46.3 Å². The number of thioether (sulfide) groups is 1. The van der Waals surface area contributed by atoms with Crippen LogP contribution in [-0.4, -0.2) is 30.3 Å². The summed E-state index contributed by atoms with van der Waals surface area (Å²) in [5.74, 6) is -0.639. The van der Waals surface area contributed by atoms with Crippen LogP contribution in [-0.2, 0) is 11.0 Å². The van der Waals surface area contributed by atoms with Gasteiger partial charge in [0.05, 0.1) is 21.2 Å². The van der Waals surface area contributed by atoms with Crippen LogP contribution in [0.4, 0.5) is 23.7 Å². The van der Waals surface area contributed by atoms with Crippen molar-refractivity contribution in [2.24, 2.45) is 5.73 Å². The average Bonchev–Trinajstić information content (AvgIpc) is 2.85. The van der Waals surface area contributed by atoms with E-state index in [1.165, 1.54) is 6.08 Å². The van der Waals surface area contributed by atoms with Crippen LogP contribution in [0.2, 0.25) is 5.02 Å². The van der Waals surface area contributed by atoms with Crippen molar-refractivity contribution in [3.63, 3.8) is 0 Å². The van der Waals surface area contributed by atoms with Crippen LogP contribution in [0.25, 0.3) is 6.08 Å². The molecule has 2 aliphatic rings. The number of nitrogens with one attached hydrogen (secondary N) is 1. The number of anilines is 1. The minimum atomic E-state index is -4.58. The van der Waals surface area contributed by atoms with Crippen molar-refractivity contribution in [1.82, 2.24) is 5.32 Å². The van der Waals surface area contributed by atoms with E-state index in [4.69, 9.17) is 17.3 Å². The van der Waals surface area contributed by atoms with Gasteiger partial charge in [0.25, 0.3) is 11.1 Å². The average molecular weight is 406 g/mol. The van der Waals surface area contributed by atoms with Crippen molar-refractivity contribution < 1.29 is 22.8 Å². The molecule has 1 aromatic rings. The number of carbonyl (C=O) groups is 2. The number of nitrogens with two attached hydrogens (primary N) is 1. The Labute approximate surface area is 156 Å². The number of hydrogen-bond donors (Lipinski definition) is 2. The highest BCUT2D eigenvalue weighted by molar-refractivity contribution is 8.18. The van der Waals surface area contributed by atoms with E-state index >= 15 is 0 Å². The predicted molar refractivity (Wildman–Crippen MR) is 95.0 cm³/mol. The molecule has 5 nitrogen and oxygen atoms in total. The van der Waals surface area contributed by atoms with Gasteiger partial charge in [0.1, 0.15) is 0 Å². The maximum atomic E-state index is 13.2. The molecule has 0 atom stereocenters. The van der Waals surface area contributed by atoms with E-state index in [2.05, 4.69) is 5.32 Å². The number of rotatable bonds is 2. The van der Waals surface area contributed by atoms with Gasteiger partial charge in [-0.3, -0.25) is 14.9 Å². The van der Waals surface area contributed by atoms with Crippen LogP contribution in [0.3, 0.4) is 0 Å². The first-order valence-electron chi connectivity index (χ1n) is 7.81. The standard InChI is InChI=1S/C16H15ClF3N3O2S/c17-11-7-9(16(18,19)20)5-8(6-12-14(24)22-15(25)26-12)13(11)23-3-1-10(21)2-4-23/h5-7,10H,1-4,21H2,(H,22,24,25)/b12-6+. The van der Waals surface area contributed by atoms with Crippen LogP contribution in [0, 0.1) is 0 Å². The fourth-order valence-corrected chi connectivity index (χ4v) is 3.93. The lowest BCUT2D eigenvalue weighted by atomic mass is 10.0. The van der Waals surface area contributed by atoms with E-state index in [0.717, 1.165) is 12.1 Å². The summed E-state index contributed by atoms with van der Waals surface area (Å²) in [4.78, 5) is 25.0. The van der Waals surface area contributed by atoms with Gasteiger partial charge in [0, 0.05) is 24.7 Å². The summed E-state index contributed by atoms with van der Waals surface area (Å²) in [6.45, 7) is 1.08. The molecule has 0 radical (unpaired) electrons. The molecule has 10 heteroatoms. The molecule has 0 aliphatic carbocycles. The SMILES string of the molecule is NC1CCN(c2c(Cl)cc(C(F)(F)F)cc2/C=C2/SC(=O)NC2=O)CC1. The zero-order valence-corrected chi connectivity index (χ0v) is 15.0. The summed E-state index contributed by atoms with van der Waals surface area (Å²) >= 11 is 6.83. The van der Waals surface area contributed by atoms with Crippen LogP contribution in [0.5, 0.6) is 0 Å². The molecule has 0 spiro atoms. The minimum Gasteiger partial charge on any atom is -0.370 e. The first kappa shape index (κ1) is 19.1. The summed E-state index contributed by atoms with van der Waals surface area (Å²) < 4.78 is 39.5. The van der Waals surface area contributed by atoms with Gasteiger partial charge < -0.3 is 10.6 Å². The molecule has 26 heavy (non-hydrogen) atoms. The largest absolute Gasteiger partial charge is 0.416 e. The van der Waals surface area contributed by atoms with E-state index in [1.54, 1.807) is 0 Å². The Morgan fingerprint density at radius 3 is 2.46 bits per heavy atom. The monoisotopic (exact) mass is 405 g/mol. The number of imide groups is 1. The summed E-state index contributed by atoms with van der Waals surface area (Å²) in [7, 11) is 0. The molecule has 1 aromatic carbocycles. The van der Waals surface area contributed by atoms with E-state index in [0.29, 0.717) is 43.4 Å². The molecule has 2 heterocycles. The first-order chi connectivity index (χ1) is 12.1. The molecule has 0 bridgehead atoms. The number of benzene rings is 1. The van der Waals surface area contributed by atoms with E-state index in [1.807, 2.05) is 4.90 Å². The molecular weight excluding hydrogens is 391 g/mol. The number of halogens is 4. The zero-order valence-electron chi connectivity index (χ0n) is 13.4. The van der Waals surface area contributed by atoms with Gasteiger partial charge in [0.15, 0.2) is 0 Å². The van der Waals surface area contributed by atoms with Gasteiger partial charge in [-0.15, -0.1) is 0 Å². The molecule has 3 rings (SSSR count). The summed E-state index contributed by atoms with van der Waals surface area (Å²) in [5, 5.41) is 1.46. The number of piperidine rings is 1. The highest BCUT2D eigenvalue weighted by atomic mass is 35.5. The normalized spacial score (nSPS) is 20.8. The van der Waals surface area contributed by atoms with Crippen LogP contribution in [0.1, 0.15) is 24.0 Å². The minimum absolute atomic E-state index is 0.0281. The third kappa shape index (κ3) is 3.99. The Morgan fingerprint density at radius 1 is 1.27 bits per heavy atom. The third-order valence-corrected chi connectivity index (χ3v) is 5.30. The van der Waals surface area contributed by atoms with Crippen molar-refractivity contribution in [3.8, 4) is 0 Å². The van der Waals surface area contributed by atoms with Crippen molar-refractivity contribution in [1.29, 1.82) is 0 Å². The summed E-state index contributed by atoms with van der Waals surface area (Å²) in [6.07, 6.45) is -1.95. The highest BCUT2D eigenvalue weighted by Gasteiger charge is 2.34. The van der Waals surface area contributed by atoms with E-state index < -0.39 is 22.9 Å². The molecule has 2 aliphatic heterocycles. The maximum absolute atomic E-state index is 13.2. The first-order valence-corrected chi connectivity index (χ1v) is 9.00. The Balaban J connectivity index is 2.09. The number of amides is 2. The van der Waals surface area contributed by atoms with E-state index in [-0.39, 0.29) is 21.5 Å². The topological polar surface area (TPSA) is 75.4 Å². The smallest absolute Gasteiger partial charge is 0.370 e. The van der Waals surface area contributed by atoms with Crippen LogP contribution in [0.15, 0.2) is 17.0 Å². The third-order valence-electron chi connectivity index (χ3n) is 4.20. The van der Waals surface area contributed by atoms with Gasteiger partial charge in [-0.2, -0.15) is 13.2 Å². The Morgan fingerprint density at radius 2 is 1.92 bits per heavy atom. The molecule has 0 unspecified atom stereocenters. The Bertz CT molecular complexity index is 790. The van der Waals surface area contributed by atoms with Gasteiger partial charge in [-0.25, -0.2) is 0 Å². The second-order valence-corrected chi connectivity index (χ2v) is 7.49. The molecule has 0 saturated carbocycles. The lowest BCUT2D eigenvalue weighted by Gasteiger charge is -2.34. The maximum Gasteiger partial charge on any atom is 0.416 e. The molecule has 2 fully saturated rings. The second kappa shape index (κ2) is 7.13. The second-order valence-electron chi connectivity index (χ2n) is 6.07. The number of carbonyl (C=O) groups excluding carboxylic acids is 2. The van der Waals surface area contributed by atoms with Crippen molar-refractivity contribution in [2.75, 3.05) is 18.0 Å². The van der Waals surface area contributed by atoms with Gasteiger partial charge >= 0.3 is 6.18 Å². The molecule has 3 N–H and O–H groups in total. The van der Waals surface area contributed by atoms with Crippen molar-refractivity contribution in [2.45, 2.75) is 25.1 Å². The highest BCUT2D eigenvalue weighted by Crippen LogP contribution is 2.40. The molecule has 2 saturated heterocycles. The molecule has 140 valence electrons. The number of nitrogens with zero attached hydrogens (tertiary/aromatic N) is 1. The summed E-state index contributed by atoms with van der Waals surface area (Å²) in [6, 6.07) is 1.86. The lowest BCUT2D eigenvalue weighted by molar-refractivity contribution is -0.137. The van der Waals surface area contributed by atoms with Gasteiger partial charge in [-0.05, 0) is 42.8 Å². The predicted octanol–water partition coefficient (Wildman–Crippen LogP) is 3.61.